The summed E-state index contributed by atoms with van der Waals surface area (Å²) in [5.74, 6) is 1.02. The van der Waals surface area contributed by atoms with Gasteiger partial charge in [-0.15, -0.1) is 0 Å². The molecule has 0 spiro atoms. The van der Waals surface area contributed by atoms with E-state index in [1.807, 2.05) is 81.5 Å². The van der Waals surface area contributed by atoms with E-state index in [0.29, 0.717) is 28.6 Å². The highest BCUT2D eigenvalue weighted by atomic mass is 16.3. The summed E-state index contributed by atoms with van der Waals surface area (Å²) in [5, 5.41) is 22.2. The van der Waals surface area contributed by atoms with Gasteiger partial charge in [-0.05, 0) is 37.1 Å². The minimum atomic E-state index is -0.922. The van der Waals surface area contributed by atoms with Gasteiger partial charge in [-0.25, -0.2) is 9.97 Å². The number of aliphatic hydroxyl groups excluding tert-OH is 2. The van der Waals surface area contributed by atoms with Crippen molar-refractivity contribution in [3.05, 3.63) is 84.9 Å². The van der Waals surface area contributed by atoms with Gasteiger partial charge in [0.25, 0.3) is 0 Å². The highest BCUT2D eigenvalue weighted by Crippen LogP contribution is 2.25. The fraction of sp³-hybridized carbons (Fsp3) is 0.269. The summed E-state index contributed by atoms with van der Waals surface area (Å²) in [6, 6.07) is 7.91. The van der Waals surface area contributed by atoms with Crippen molar-refractivity contribution in [2.75, 3.05) is 32.6 Å². The first kappa shape index (κ1) is 25.7. The summed E-state index contributed by atoms with van der Waals surface area (Å²) >= 11 is 0. The van der Waals surface area contributed by atoms with E-state index in [1.54, 1.807) is 6.20 Å². The second kappa shape index (κ2) is 12.5. The summed E-state index contributed by atoms with van der Waals surface area (Å²) in [6.45, 7) is 11.3. The lowest BCUT2D eigenvalue weighted by Gasteiger charge is -2.15. The average molecular weight is 448 g/mol. The van der Waals surface area contributed by atoms with Crippen LogP contribution >= 0.6 is 0 Å². The highest BCUT2D eigenvalue weighted by molar-refractivity contribution is 6.12. The number of nitrogens with one attached hydrogen (secondary N) is 1. The Bertz CT molecular complexity index is 1070. The number of rotatable bonds is 11. The second-order valence-electron chi connectivity index (χ2n) is 7.74. The third-order valence-corrected chi connectivity index (χ3v) is 4.49. The zero-order valence-corrected chi connectivity index (χ0v) is 19.8. The Hall–Kier alpha value is -3.55. The van der Waals surface area contributed by atoms with E-state index in [-0.39, 0.29) is 13.2 Å². The molecule has 7 nitrogen and oxygen atoms in total. The van der Waals surface area contributed by atoms with Crippen LogP contribution in [0.3, 0.4) is 0 Å². The maximum absolute atomic E-state index is 9.85. The van der Waals surface area contributed by atoms with Gasteiger partial charge < -0.3 is 20.4 Å². The molecule has 1 heterocycles. The van der Waals surface area contributed by atoms with Crippen LogP contribution in [-0.2, 0) is 0 Å². The minimum Gasteiger partial charge on any atom is -0.394 e. The van der Waals surface area contributed by atoms with Gasteiger partial charge in [-0.3, -0.25) is 4.99 Å². The van der Waals surface area contributed by atoms with Crippen molar-refractivity contribution in [1.82, 2.24) is 14.9 Å². The van der Waals surface area contributed by atoms with Crippen LogP contribution in [0.1, 0.15) is 25.0 Å². The molecular formula is C26H33N5O2. The van der Waals surface area contributed by atoms with Gasteiger partial charge >= 0.3 is 0 Å². The van der Waals surface area contributed by atoms with Gasteiger partial charge in [-0.1, -0.05) is 43.5 Å². The molecule has 2 rings (SSSR count). The Balaban J connectivity index is 2.59. The fourth-order valence-corrected chi connectivity index (χ4v) is 3.03. The van der Waals surface area contributed by atoms with Crippen LogP contribution in [0.2, 0.25) is 0 Å². The molecule has 0 fully saturated rings. The number of benzene rings is 1. The first-order valence-electron chi connectivity index (χ1n) is 10.7. The Morgan fingerprint density at radius 3 is 2.70 bits per heavy atom. The van der Waals surface area contributed by atoms with Crippen molar-refractivity contribution in [3.63, 3.8) is 0 Å². The molecule has 1 atom stereocenters. The zero-order valence-electron chi connectivity index (χ0n) is 19.8. The molecule has 0 aliphatic carbocycles. The fourth-order valence-electron chi connectivity index (χ4n) is 3.03. The Kier molecular flexibility index (Phi) is 9.72. The Morgan fingerprint density at radius 1 is 1.33 bits per heavy atom. The van der Waals surface area contributed by atoms with Crippen LogP contribution in [0.25, 0.3) is 17.0 Å². The third kappa shape index (κ3) is 7.52. The van der Waals surface area contributed by atoms with E-state index in [4.69, 9.17) is 4.98 Å². The first-order chi connectivity index (χ1) is 15.8. The van der Waals surface area contributed by atoms with E-state index in [2.05, 4.69) is 28.5 Å². The summed E-state index contributed by atoms with van der Waals surface area (Å²) in [7, 11) is 3.92. The average Bonchev–Trinajstić information content (AvgIpc) is 2.80. The molecule has 0 bridgehead atoms. The van der Waals surface area contributed by atoms with Crippen LogP contribution in [0.4, 0.5) is 5.82 Å². The monoisotopic (exact) mass is 447 g/mol. The number of allylic oxidation sites excluding steroid dienone is 5. The molecule has 174 valence electrons. The second-order valence-corrected chi connectivity index (χ2v) is 7.74. The van der Waals surface area contributed by atoms with Gasteiger partial charge in [0.15, 0.2) is 5.82 Å². The molecule has 0 amide bonds. The van der Waals surface area contributed by atoms with Crippen LogP contribution in [0.15, 0.2) is 78.7 Å². The Labute approximate surface area is 196 Å². The lowest BCUT2D eigenvalue weighted by molar-refractivity contribution is 0.105. The van der Waals surface area contributed by atoms with Crippen LogP contribution < -0.4 is 5.32 Å². The minimum absolute atomic E-state index is 0.127. The predicted octanol–water partition coefficient (Wildman–Crippen LogP) is 3.90. The molecule has 2 aromatic rings. The standard InChI is InChI=1S/C26H33N5O2/c1-7-10-24(29-18(3)4)23-15-28-25(30-26(23)27-14-22(33)17-32)21-12-9-11-20(13-21)19(8-2)16-31(5)6/h7-13,15-16,22,32-33H,2-3,14,17H2,1,4-6H3,(H,27,28,30)/b10-7-,19-16+,29-24+/t22-/m0/s1. The number of hydrogen-bond acceptors (Lipinski definition) is 7. The van der Waals surface area contributed by atoms with Gasteiger partial charge in [0.2, 0.25) is 0 Å². The van der Waals surface area contributed by atoms with E-state index < -0.39 is 6.10 Å². The van der Waals surface area contributed by atoms with Crippen molar-refractivity contribution < 1.29 is 10.2 Å². The molecule has 1 aromatic heterocycles. The van der Waals surface area contributed by atoms with Gasteiger partial charge in [0, 0.05) is 44.3 Å². The molecule has 0 saturated heterocycles. The Morgan fingerprint density at radius 2 is 2.09 bits per heavy atom. The van der Waals surface area contributed by atoms with Crippen molar-refractivity contribution in [3.8, 4) is 11.4 Å². The molecular weight excluding hydrogens is 414 g/mol. The van der Waals surface area contributed by atoms with Crippen molar-refractivity contribution >= 4 is 17.1 Å². The van der Waals surface area contributed by atoms with Crippen LogP contribution in [0.5, 0.6) is 0 Å². The maximum Gasteiger partial charge on any atom is 0.161 e. The first-order valence-corrected chi connectivity index (χ1v) is 10.7. The van der Waals surface area contributed by atoms with Gasteiger partial charge in [0.05, 0.1) is 24.0 Å². The highest BCUT2D eigenvalue weighted by Gasteiger charge is 2.14. The molecule has 0 radical (unpaired) electrons. The molecule has 33 heavy (non-hydrogen) atoms. The molecule has 0 aliphatic rings. The molecule has 0 aliphatic heterocycles. The number of aliphatic hydroxyl groups is 2. The maximum atomic E-state index is 9.85. The lowest BCUT2D eigenvalue weighted by atomic mass is 10.0. The number of nitrogens with zero attached hydrogens (tertiary/aromatic N) is 4. The summed E-state index contributed by atoms with van der Waals surface area (Å²) in [4.78, 5) is 15.8. The van der Waals surface area contributed by atoms with Gasteiger partial charge in [-0.2, -0.15) is 0 Å². The third-order valence-electron chi connectivity index (χ3n) is 4.49. The van der Waals surface area contributed by atoms with Crippen molar-refractivity contribution in [2.24, 2.45) is 4.99 Å². The van der Waals surface area contributed by atoms with E-state index in [9.17, 15) is 10.2 Å². The molecule has 7 heteroatoms. The predicted molar refractivity (Wildman–Crippen MR) is 137 cm³/mol. The zero-order chi connectivity index (χ0) is 24.4. The quantitative estimate of drug-likeness (QED) is 0.357. The van der Waals surface area contributed by atoms with Crippen molar-refractivity contribution in [1.29, 1.82) is 0 Å². The molecule has 0 saturated carbocycles. The van der Waals surface area contributed by atoms with E-state index in [0.717, 1.165) is 16.7 Å². The van der Waals surface area contributed by atoms with Crippen LogP contribution in [-0.4, -0.2) is 64.1 Å². The number of hydrogen-bond donors (Lipinski definition) is 3. The summed E-state index contributed by atoms with van der Waals surface area (Å²) in [6.07, 6.45) is 8.31. The number of aromatic nitrogens is 2. The van der Waals surface area contributed by atoms with Crippen LogP contribution in [0, 0.1) is 0 Å². The molecule has 0 unspecified atom stereocenters. The topological polar surface area (TPSA) is 93.9 Å². The molecule has 3 N–H and O–H groups in total. The van der Waals surface area contributed by atoms with E-state index in [1.165, 1.54) is 0 Å². The summed E-state index contributed by atoms with van der Waals surface area (Å²) < 4.78 is 0. The lowest BCUT2D eigenvalue weighted by Crippen LogP contribution is -2.24. The largest absolute Gasteiger partial charge is 0.394 e. The number of aliphatic imine (C=N–C) groups is 1. The molecule has 1 aromatic carbocycles. The SMILES string of the molecule is C=C/C(=C\N(C)C)c1cccc(-c2ncc(C(/C=C\C)=N/C(=C)C)c(NC[C@H](O)CO)n2)c1. The number of anilines is 1. The van der Waals surface area contributed by atoms with E-state index >= 15 is 0 Å². The van der Waals surface area contributed by atoms with Crippen molar-refractivity contribution in [2.45, 2.75) is 20.0 Å². The van der Waals surface area contributed by atoms with Gasteiger partial charge in [0.1, 0.15) is 5.82 Å². The smallest absolute Gasteiger partial charge is 0.161 e. The summed E-state index contributed by atoms with van der Waals surface area (Å²) in [5.41, 5.74) is 4.76. The normalized spacial score (nSPS) is 13.2.